The van der Waals surface area contributed by atoms with Crippen molar-refractivity contribution < 1.29 is 12.6 Å². The Morgan fingerprint density at radius 2 is 1.45 bits per heavy atom. The van der Waals surface area contributed by atoms with E-state index in [4.69, 9.17) is 0 Å². The molecule has 1 aromatic carbocycles. The van der Waals surface area contributed by atoms with Crippen molar-refractivity contribution >= 4 is 6.08 Å². The van der Waals surface area contributed by atoms with Crippen LogP contribution >= 0.6 is 0 Å². The fraction of sp³-hybridized carbons (Fsp3) is 0.600. The van der Waals surface area contributed by atoms with Crippen LogP contribution in [0.4, 0.5) is 0 Å². The number of aryl methyl sites for hydroxylation is 2. The standard InChI is InChI=1S/C18H23.C5H5.7CH3.Hf/c1-2-3-4-5-7-14-10-11-17-12-15-8-6-9-16(15)13-18(14)17;1-2-4-5-3-1;;;;;;;;/h10-13H,2-9H2,1H3;1-5H;7*1H3;. The van der Waals surface area contributed by atoms with E-state index in [1.165, 1.54) is 56.9 Å². The van der Waals surface area contributed by atoms with Crippen LogP contribution in [-0.2, 0) is 28.6 Å². The predicted octanol–water partition coefficient (Wildman–Crippen LogP) is 10.5. The van der Waals surface area contributed by atoms with Gasteiger partial charge in [-0.2, -0.15) is 0 Å². The normalized spacial score (nSPS) is 29.4. The van der Waals surface area contributed by atoms with Gasteiger partial charge in [0.15, 0.2) is 0 Å². The van der Waals surface area contributed by atoms with Gasteiger partial charge in [0, 0.05) is 0 Å². The summed E-state index contributed by atoms with van der Waals surface area (Å²) in [4.78, 5) is 0. The Balaban J connectivity index is 2.10. The van der Waals surface area contributed by atoms with E-state index in [2.05, 4.69) is 88.3 Å². The SMILES string of the molecule is CCCCCC[C]1([Hf]([CH3])([CH3])([CH3])([CH3])([CH3])([CH3])([CH3])[CH]2C=CC=C2)C=Cc2cc3c(cc21)CCC3. The van der Waals surface area contributed by atoms with Crippen LogP contribution in [0.5, 0.6) is 0 Å². The average molecular weight is 588 g/mol. The van der Waals surface area contributed by atoms with Gasteiger partial charge in [-0.1, -0.05) is 0 Å². The summed E-state index contributed by atoms with van der Waals surface area (Å²) in [5, 5.41) is 0. The first kappa shape index (κ1) is 23.5. The molecule has 3 aliphatic carbocycles. The third-order valence-corrected chi connectivity index (χ3v) is 57.4. The molecule has 173 valence electrons. The second-order valence-corrected chi connectivity index (χ2v) is 131. The Kier molecular flexibility index (Phi) is 3.40. The summed E-state index contributed by atoms with van der Waals surface area (Å²) < 4.78 is 19.9. The van der Waals surface area contributed by atoms with Gasteiger partial charge >= 0.3 is 181 Å². The summed E-state index contributed by atoms with van der Waals surface area (Å²) in [5.74, 6) is 0. The number of rotatable bonds is 7. The van der Waals surface area contributed by atoms with Crippen molar-refractivity contribution in [3.8, 4) is 0 Å². The molecular formula is C30H49Hf. The van der Waals surface area contributed by atoms with Gasteiger partial charge in [0.25, 0.3) is 0 Å². The number of hydrogen-bond acceptors (Lipinski definition) is 0. The fourth-order valence-corrected chi connectivity index (χ4v) is 42.0. The third kappa shape index (κ3) is 2.87. The van der Waals surface area contributed by atoms with E-state index in [0.717, 1.165) is 0 Å². The maximum atomic E-state index is 2.78. The number of hydrogen-bond donors (Lipinski definition) is 0. The summed E-state index contributed by atoms with van der Waals surface area (Å²) in [6, 6.07) is 5.22. The molecule has 0 heterocycles. The minimum absolute atomic E-state index is 0.0198. The molecule has 31 heavy (non-hydrogen) atoms. The zero-order chi connectivity index (χ0) is 23.0. The Morgan fingerprint density at radius 1 is 0.839 bits per heavy atom. The molecule has 0 radical (unpaired) electrons. The zero-order valence-electron chi connectivity index (χ0n) is 21.9. The number of benzene rings is 1. The number of unbranched alkanes of at least 4 members (excludes halogenated alkanes) is 3. The van der Waals surface area contributed by atoms with Crippen molar-refractivity contribution in [2.75, 3.05) is 0 Å². The summed E-state index contributed by atoms with van der Waals surface area (Å²) in [6.45, 7) is 2.32. The molecule has 1 unspecified atom stereocenters. The molecule has 0 amide bonds. The summed E-state index contributed by atoms with van der Waals surface area (Å²) in [5.41, 5.74) is 6.36. The minimum atomic E-state index is -5.61. The average Bonchev–Trinajstić information content (AvgIpc) is 3.34. The zero-order valence-corrected chi connectivity index (χ0v) is 25.4. The predicted molar refractivity (Wildman–Crippen MR) is 141 cm³/mol. The van der Waals surface area contributed by atoms with E-state index in [9.17, 15) is 0 Å². The Hall–Kier alpha value is -0.690. The van der Waals surface area contributed by atoms with Crippen LogP contribution in [0.2, 0.25) is 36.4 Å². The number of allylic oxidation sites excluding steroid dienone is 5. The molecule has 3 aliphatic rings. The molecule has 0 spiro atoms. The molecular weight excluding hydrogens is 539 g/mol. The van der Waals surface area contributed by atoms with Gasteiger partial charge in [-0.25, -0.2) is 0 Å². The van der Waals surface area contributed by atoms with Crippen LogP contribution in [0.15, 0.2) is 42.5 Å². The second-order valence-electron chi connectivity index (χ2n) is 21.9. The van der Waals surface area contributed by atoms with Crippen molar-refractivity contribution in [3.63, 3.8) is 0 Å². The Morgan fingerprint density at radius 3 is 2.06 bits per heavy atom. The van der Waals surface area contributed by atoms with Gasteiger partial charge in [-0.15, -0.1) is 0 Å². The van der Waals surface area contributed by atoms with E-state index in [1.54, 1.807) is 16.7 Å². The van der Waals surface area contributed by atoms with Gasteiger partial charge < -0.3 is 0 Å². The molecule has 0 saturated heterocycles. The molecule has 4 rings (SSSR count). The molecule has 1 heteroatoms. The maximum absolute atomic E-state index is 5.61. The van der Waals surface area contributed by atoms with Gasteiger partial charge in [0.2, 0.25) is 0 Å². The van der Waals surface area contributed by atoms with Crippen LogP contribution in [-0.4, -0.2) is 0 Å². The van der Waals surface area contributed by atoms with Crippen LogP contribution < -0.4 is 0 Å². The second kappa shape index (κ2) is 4.49. The van der Waals surface area contributed by atoms with Crippen molar-refractivity contribution in [1.82, 2.24) is 0 Å². The van der Waals surface area contributed by atoms with Crippen LogP contribution in [0, 0.1) is 0 Å². The Labute approximate surface area is 180 Å². The molecule has 0 aliphatic heterocycles. The van der Waals surface area contributed by atoms with Crippen molar-refractivity contribution in [3.05, 3.63) is 64.8 Å². The van der Waals surface area contributed by atoms with Crippen molar-refractivity contribution in [1.29, 1.82) is 0 Å². The van der Waals surface area contributed by atoms with Crippen LogP contribution in [0.3, 0.4) is 0 Å². The third-order valence-electron chi connectivity index (χ3n) is 11.3. The van der Waals surface area contributed by atoms with E-state index in [1.807, 2.05) is 0 Å². The Bertz CT molecular complexity index is 1090. The van der Waals surface area contributed by atoms with Gasteiger partial charge in [0.1, 0.15) is 0 Å². The number of fused-ring (bicyclic) bond motifs is 2. The van der Waals surface area contributed by atoms with Gasteiger partial charge in [0.05, 0.1) is 0 Å². The molecule has 0 nitrogen and oxygen atoms in total. The molecule has 1 aromatic rings. The van der Waals surface area contributed by atoms with Crippen molar-refractivity contribution in [2.45, 2.75) is 97.9 Å². The molecule has 0 N–H and O–H groups in total. The van der Waals surface area contributed by atoms with E-state index >= 15 is 0 Å². The van der Waals surface area contributed by atoms with Gasteiger partial charge in [-0.05, 0) is 0 Å². The molecule has 0 fully saturated rings. The monoisotopic (exact) mass is 589 g/mol. The van der Waals surface area contributed by atoms with Crippen LogP contribution in [0.25, 0.3) is 6.08 Å². The van der Waals surface area contributed by atoms with Crippen LogP contribution in [0.1, 0.15) is 67.7 Å². The first-order chi connectivity index (χ1) is 13.7. The summed E-state index contributed by atoms with van der Waals surface area (Å²) in [6.07, 6.45) is 25.2. The molecule has 0 aromatic heterocycles. The van der Waals surface area contributed by atoms with Crippen molar-refractivity contribution in [2.24, 2.45) is 0 Å². The fourth-order valence-electron chi connectivity index (χ4n) is 8.31. The molecule has 0 bridgehead atoms. The summed E-state index contributed by atoms with van der Waals surface area (Å²) >= 11 is -5.61. The topological polar surface area (TPSA) is 0 Å². The molecule has 1 atom stereocenters. The summed E-state index contributed by atoms with van der Waals surface area (Å²) in [7, 11) is 0. The first-order valence-electron chi connectivity index (χ1n) is 13.3. The van der Waals surface area contributed by atoms with E-state index < -0.39 is 12.6 Å². The van der Waals surface area contributed by atoms with E-state index in [-0.39, 0.29) is 3.17 Å². The first-order valence-corrected chi connectivity index (χ1v) is 42.3. The quantitative estimate of drug-likeness (QED) is 0.220. The molecule has 0 saturated carbocycles. The van der Waals surface area contributed by atoms with E-state index in [0.29, 0.717) is 3.67 Å². The van der Waals surface area contributed by atoms with Gasteiger partial charge in [-0.3, -0.25) is 0 Å².